The van der Waals surface area contributed by atoms with Crippen molar-refractivity contribution < 1.29 is 9.90 Å². The number of likely N-dealkylation sites (tertiary alicyclic amines) is 1. The number of hydrogen-bond donors (Lipinski definition) is 2. The molecule has 0 spiro atoms. The summed E-state index contributed by atoms with van der Waals surface area (Å²) < 4.78 is 0. The molecule has 0 saturated carbocycles. The number of carbonyl (C=O) groups is 1. The summed E-state index contributed by atoms with van der Waals surface area (Å²) >= 11 is 0. The number of nitrogens with one attached hydrogen (secondary N) is 1. The fraction of sp³-hybridized carbons (Fsp3) is 0.263. The van der Waals surface area contributed by atoms with E-state index < -0.39 is 6.09 Å². The van der Waals surface area contributed by atoms with Crippen LogP contribution in [0.25, 0.3) is 11.4 Å². The van der Waals surface area contributed by atoms with Gasteiger partial charge in [-0.15, -0.1) is 0 Å². The van der Waals surface area contributed by atoms with Gasteiger partial charge in [0.15, 0.2) is 5.82 Å². The van der Waals surface area contributed by atoms with E-state index in [4.69, 9.17) is 0 Å². The molecule has 2 atom stereocenters. The van der Waals surface area contributed by atoms with Gasteiger partial charge in [-0.2, -0.15) is 5.10 Å². The summed E-state index contributed by atoms with van der Waals surface area (Å²) in [6.07, 6.45) is 3.89. The Hall–Kier alpha value is -3.22. The van der Waals surface area contributed by atoms with E-state index in [2.05, 4.69) is 20.2 Å². The van der Waals surface area contributed by atoms with E-state index in [0.29, 0.717) is 25.2 Å². The van der Waals surface area contributed by atoms with Crippen LogP contribution >= 0.6 is 0 Å². The number of carboxylic acid groups (broad SMARTS) is 1. The van der Waals surface area contributed by atoms with Gasteiger partial charge in [0, 0.05) is 30.4 Å². The fourth-order valence-corrected chi connectivity index (χ4v) is 3.50. The summed E-state index contributed by atoms with van der Waals surface area (Å²) in [7, 11) is 0. The number of nitrogens with zero attached hydrogens (tertiary/aromatic N) is 4. The molecule has 2 N–H and O–H groups in total. The molecule has 4 rings (SSSR count). The van der Waals surface area contributed by atoms with Crippen molar-refractivity contribution in [3.8, 4) is 11.4 Å². The second-order valence-corrected chi connectivity index (χ2v) is 6.41. The van der Waals surface area contributed by atoms with Gasteiger partial charge in [0.1, 0.15) is 5.82 Å². The van der Waals surface area contributed by atoms with Gasteiger partial charge in [0.2, 0.25) is 0 Å². The van der Waals surface area contributed by atoms with Crippen LogP contribution < -0.4 is 0 Å². The summed E-state index contributed by atoms with van der Waals surface area (Å²) in [5.74, 6) is 1.60. The molecule has 0 radical (unpaired) electrons. The van der Waals surface area contributed by atoms with Crippen molar-refractivity contribution in [2.75, 3.05) is 6.54 Å². The quantitative estimate of drug-likeness (QED) is 0.755. The number of aromatic amines is 1. The highest BCUT2D eigenvalue weighted by atomic mass is 16.4. The number of piperidine rings is 1. The number of rotatable bonds is 3. The van der Waals surface area contributed by atoms with Gasteiger partial charge >= 0.3 is 6.09 Å². The van der Waals surface area contributed by atoms with Crippen molar-refractivity contribution in [3.05, 3.63) is 66.2 Å². The summed E-state index contributed by atoms with van der Waals surface area (Å²) in [6, 6.07) is 13.3. The Labute approximate surface area is 150 Å². The molecule has 0 aliphatic carbocycles. The van der Waals surface area contributed by atoms with E-state index in [-0.39, 0.29) is 12.0 Å². The first-order chi connectivity index (χ1) is 12.7. The highest BCUT2D eigenvalue weighted by molar-refractivity contribution is 5.66. The zero-order chi connectivity index (χ0) is 17.9. The molecule has 1 aliphatic rings. The van der Waals surface area contributed by atoms with Gasteiger partial charge in [-0.3, -0.25) is 10.1 Å². The van der Waals surface area contributed by atoms with Gasteiger partial charge in [-0.1, -0.05) is 36.4 Å². The Morgan fingerprint density at radius 3 is 2.77 bits per heavy atom. The topological polar surface area (TPSA) is 95.0 Å². The van der Waals surface area contributed by atoms with Gasteiger partial charge in [-0.25, -0.2) is 9.78 Å². The number of pyridine rings is 1. The van der Waals surface area contributed by atoms with Crippen LogP contribution in [0.15, 0.2) is 54.9 Å². The number of H-pyrrole nitrogens is 1. The number of aromatic nitrogens is 4. The predicted octanol–water partition coefficient (Wildman–Crippen LogP) is 3.47. The normalized spacial score (nSPS) is 20.1. The monoisotopic (exact) mass is 349 g/mol. The Kier molecular flexibility index (Phi) is 4.35. The first-order valence-corrected chi connectivity index (χ1v) is 8.59. The Morgan fingerprint density at radius 2 is 2.04 bits per heavy atom. The third-order valence-corrected chi connectivity index (χ3v) is 4.84. The maximum atomic E-state index is 11.6. The van der Waals surface area contributed by atoms with Crippen molar-refractivity contribution in [3.63, 3.8) is 0 Å². The average molecular weight is 349 g/mol. The summed E-state index contributed by atoms with van der Waals surface area (Å²) in [6.45, 7) is 0.459. The largest absolute Gasteiger partial charge is 0.465 e. The highest BCUT2D eigenvalue weighted by Crippen LogP contribution is 2.38. The molecular formula is C19H19N5O2. The lowest BCUT2D eigenvalue weighted by atomic mass is 9.87. The van der Waals surface area contributed by atoms with E-state index in [1.165, 1.54) is 4.90 Å². The van der Waals surface area contributed by atoms with Crippen molar-refractivity contribution in [2.24, 2.45) is 0 Å². The molecule has 7 heteroatoms. The molecule has 1 fully saturated rings. The average Bonchev–Trinajstić information content (AvgIpc) is 3.19. The lowest BCUT2D eigenvalue weighted by Gasteiger charge is -2.37. The van der Waals surface area contributed by atoms with Gasteiger partial charge in [0.05, 0.1) is 6.04 Å². The molecule has 2 unspecified atom stereocenters. The first-order valence-electron chi connectivity index (χ1n) is 8.59. The minimum atomic E-state index is -0.903. The van der Waals surface area contributed by atoms with Crippen molar-refractivity contribution in [2.45, 2.75) is 24.8 Å². The summed E-state index contributed by atoms with van der Waals surface area (Å²) in [4.78, 5) is 21.9. The maximum Gasteiger partial charge on any atom is 0.407 e. The van der Waals surface area contributed by atoms with Crippen LogP contribution in [0.2, 0.25) is 0 Å². The molecule has 132 valence electrons. The minimum absolute atomic E-state index is 0.126. The molecule has 7 nitrogen and oxygen atoms in total. The molecule has 1 amide bonds. The van der Waals surface area contributed by atoms with Crippen molar-refractivity contribution >= 4 is 6.09 Å². The zero-order valence-corrected chi connectivity index (χ0v) is 14.1. The van der Waals surface area contributed by atoms with E-state index in [0.717, 1.165) is 17.0 Å². The second-order valence-electron chi connectivity index (χ2n) is 6.41. The number of hydrogen-bond acceptors (Lipinski definition) is 4. The first kappa shape index (κ1) is 16.3. The zero-order valence-electron chi connectivity index (χ0n) is 14.1. The predicted molar refractivity (Wildman–Crippen MR) is 95.5 cm³/mol. The molecule has 0 bridgehead atoms. The highest BCUT2D eigenvalue weighted by Gasteiger charge is 2.34. The van der Waals surface area contributed by atoms with Crippen LogP contribution in [0.4, 0.5) is 4.79 Å². The maximum absolute atomic E-state index is 11.6. The van der Waals surface area contributed by atoms with Gasteiger partial charge in [0.25, 0.3) is 0 Å². The lowest BCUT2D eigenvalue weighted by molar-refractivity contribution is 0.0995. The standard InChI is InChI=1S/C19H19N5O2/c25-19(26)24-10-8-14(11-16(24)15-7-4-9-20-12-15)18-21-17(22-23-18)13-5-2-1-3-6-13/h1-7,9,12,14,16H,8,10-11H2,(H,25,26)(H,21,22,23). The SMILES string of the molecule is O=C(O)N1CCC(c2nc(-c3ccccc3)n[nH]2)CC1c1cccnc1. The third kappa shape index (κ3) is 3.15. The lowest BCUT2D eigenvalue weighted by Crippen LogP contribution is -2.40. The van der Waals surface area contributed by atoms with Crippen molar-refractivity contribution in [1.29, 1.82) is 0 Å². The molecule has 3 aromatic rings. The molecule has 2 aromatic heterocycles. The molecular weight excluding hydrogens is 330 g/mol. The molecule has 1 aliphatic heterocycles. The third-order valence-electron chi connectivity index (χ3n) is 4.84. The number of benzene rings is 1. The van der Waals surface area contributed by atoms with Gasteiger partial charge < -0.3 is 10.0 Å². The summed E-state index contributed by atoms with van der Waals surface area (Å²) in [5, 5.41) is 16.9. The molecule has 26 heavy (non-hydrogen) atoms. The van der Waals surface area contributed by atoms with Crippen molar-refractivity contribution in [1.82, 2.24) is 25.1 Å². The fourth-order valence-electron chi connectivity index (χ4n) is 3.50. The Balaban J connectivity index is 1.59. The molecule has 3 heterocycles. The smallest absolute Gasteiger partial charge is 0.407 e. The minimum Gasteiger partial charge on any atom is -0.465 e. The number of amides is 1. The van der Waals surface area contributed by atoms with Crippen LogP contribution in [0.3, 0.4) is 0 Å². The van der Waals surface area contributed by atoms with E-state index >= 15 is 0 Å². The molecule has 1 saturated heterocycles. The summed E-state index contributed by atoms with van der Waals surface area (Å²) in [5.41, 5.74) is 1.86. The van der Waals surface area contributed by atoms with Crippen LogP contribution in [-0.2, 0) is 0 Å². The van der Waals surface area contributed by atoms with Crippen LogP contribution in [-0.4, -0.2) is 42.8 Å². The van der Waals surface area contributed by atoms with Crippen LogP contribution in [0.5, 0.6) is 0 Å². The van der Waals surface area contributed by atoms with E-state index in [1.54, 1.807) is 12.4 Å². The van der Waals surface area contributed by atoms with Gasteiger partial charge in [-0.05, 0) is 24.5 Å². The van der Waals surface area contributed by atoms with Crippen LogP contribution in [0.1, 0.15) is 36.2 Å². The van der Waals surface area contributed by atoms with Crippen LogP contribution in [0, 0.1) is 0 Å². The van der Waals surface area contributed by atoms with E-state index in [1.807, 2.05) is 42.5 Å². The second kappa shape index (κ2) is 6.95. The Bertz CT molecular complexity index is 881. The molecule has 1 aromatic carbocycles. The van der Waals surface area contributed by atoms with E-state index in [9.17, 15) is 9.90 Å². The Morgan fingerprint density at radius 1 is 1.19 bits per heavy atom.